The highest BCUT2D eigenvalue weighted by Crippen LogP contribution is 2.40. The number of sulfone groups is 1. The van der Waals surface area contributed by atoms with Crippen molar-refractivity contribution >= 4 is 71.1 Å². The van der Waals surface area contributed by atoms with Crippen LogP contribution in [0.15, 0.2) is 84.3 Å². The molecule has 9 heteroatoms. The molecule has 0 spiro atoms. The van der Waals surface area contributed by atoms with Gasteiger partial charge in [-0.15, -0.1) is 0 Å². The summed E-state index contributed by atoms with van der Waals surface area (Å²) in [5.41, 5.74) is 2.00. The average molecular weight is 595 g/mol. The van der Waals surface area contributed by atoms with E-state index in [9.17, 15) is 13.2 Å². The van der Waals surface area contributed by atoms with Crippen molar-refractivity contribution < 1.29 is 17.9 Å². The number of ether oxygens (including phenoxy) is 1. The number of nitrogens with one attached hydrogen (secondary N) is 1. The van der Waals surface area contributed by atoms with Gasteiger partial charge in [0.05, 0.1) is 28.4 Å². The van der Waals surface area contributed by atoms with Crippen LogP contribution in [0, 0.1) is 0 Å². The van der Waals surface area contributed by atoms with Gasteiger partial charge in [0.15, 0.2) is 9.84 Å². The zero-order valence-corrected chi connectivity index (χ0v) is 21.6. The molecule has 3 aromatic rings. The molecule has 0 bridgehead atoms. The predicted molar refractivity (Wildman–Crippen MR) is 135 cm³/mol. The maximum atomic E-state index is 13.0. The number of methoxy groups -OCH3 is 1. The third kappa shape index (κ3) is 4.96. The highest BCUT2D eigenvalue weighted by molar-refractivity contribution is 9.11. The van der Waals surface area contributed by atoms with Crippen molar-refractivity contribution in [3.8, 4) is 5.75 Å². The third-order valence-electron chi connectivity index (χ3n) is 4.81. The van der Waals surface area contributed by atoms with Gasteiger partial charge in [0.1, 0.15) is 5.75 Å². The van der Waals surface area contributed by atoms with Crippen LogP contribution in [-0.4, -0.2) is 21.4 Å². The maximum absolute atomic E-state index is 13.0. The van der Waals surface area contributed by atoms with E-state index in [1.807, 2.05) is 30.3 Å². The summed E-state index contributed by atoms with van der Waals surface area (Å²) in [7, 11) is -2.03. The summed E-state index contributed by atoms with van der Waals surface area (Å²) >= 11 is 8.13. The van der Waals surface area contributed by atoms with E-state index in [2.05, 4.69) is 37.2 Å². The molecule has 3 aromatic carbocycles. The van der Waals surface area contributed by atoms with Gasteiger partial charge in [0, 0.05) is 13.8 Å². The number of amides is 1. The smallest absolute Gasteiger partial charge is 0.262 e. The van der Waals surface area contributed by atoms with E-state index in [1.165, 1.54) is 17.8 Å². The van der Waals surface area contributed by atoms with Crippen molar-refractivity contribution in [2.75, 3.05) is 12.4 Å². The first-order chi connectivity index (χ1) is 15.3. The van der Waals surface area contributed by atoms with Crippen LogP contribution in [-0.2, 0) is 20.4 Å². The van der Waals surface area contributed by atoms with Crippen molar-refractivity contribution in [1.82, 2.24) is 0 Å². The lowest BCUT2D eigenvalue weighted by Crippen LogP contribution is -2.18. The summed E-state index contributed by atoms with van der Waals surface area (Å²) in [6, 6.07) is 17.6. The van der Waals surface area contributed by atoms with Gasteiger partial charge < -0.3 is 10.1 Å². The number of rotatable bonds is 5. The van der Waals surface area contributed by atoms with Gasteiger partial charge in [-0.1, -0.05) is 61.8 Å². The van der Waals surface area contributed by atoms with Crippen LogP contribution < -0.4 is 10.1 Å². The van der Waals surface area contributed by atoms with Crippen molar-refractivity contribution in [2.45, 2.75) is 15.5 Å². The van der Waals surface area contributed by atoms with Crippen LogP contribution in [0.3, 0.4) is 0 Å². The lowest BCUT2D eigenvalue weighted by Gasteiger charge is -2.19. The number of fused-ring (bicyclic) bond motifs is 1. The lowest BCUT2D eigenvalue weighted by atomic mass is 10.2. The minimum Gasteiger partial charge on any atom is -0.497 e. The van der Waals surface area contributed by atoms with Crippen molar-refractivity contribution in [3.05, 3.63) is 85.6 Å². The SMILES string of the molecule is COc1ccc(/C=C2\Sc3ccc(S(=O)(=O)Cc4c(Br)cccc4Br)cc3NC2=O)cc1. The van der Waals surface area contributed by atoms with Crippen LogP contribution in [0.4, 0.5) is 5.69 Å². The Hall–Kier alpha value is -2.07. The molecule has 164 valence electrons. The molecule has 0 unspecified atom stereocenters. The molecular formula is C23H17Br2NO4S2. The zero-order valence-electron chi connectivity index (χ0n) is 16.8. The first-order valence-corrected chi connectivity index (χ1v) is 13.5. The third-order valence-corrected chi connectivity index (χ3v) is 9.04. The lowest BCUT2D eigenvalue weighted by molar-refractivity contribution is -0.112. The van der Waals surface area contributed by atoms with Crippen LogP contribution in [0.2, 0.25) is 0 Å². The molecule has 0 aliphatic carbocycles. The number of carbonyl (C=O) groups excluding carboxylic acids is 1. The number of hydrogen-bond donors (Lipinski definition) is 1. The van der Waals surface area contributed by atoms with Crippen LogP contribution >= 0.6 is 43.6 Å². The van der Waals surface area contributed by atoms with Crippen LogP contribution in [0.1, 0.15) is 11.1 Å². The number of anilines is 1. The molecule has 1 aliphatic rings. The van der Waals surface area contributed by atoms with E-state index in [-0.39, 0.29) is 16.6 Å². The second-order valence-electron chi connectivity index (χ2n) is 6.96. The average Bonchev–Trinajstić information content (AvgIpc) is 2.77. The molecular weight excluding hydrogens is 578 g/mol. The predicted octanol–water partition coefficient (Wildman–Crippen LogP) is 6.28. The molecule has 1 N–H and O–H groups in total. The van der Waals surface area contributed by atoms with Gasteiger partial charge >= 0.3 is 0 Å². The molecule has 1 aliphatic heterocycles. The van der Waals surface area contributed by atoms with Gasteiger partial charge in [-0.25, -0.2) is 8.42 Å². The molecule has 0 saturated carbocycles. The fourth-order valence-corrected chi connectivity index (χ4v) is 7.14. The number of carbonyl (C=O) groups is 1. The highest BCUT2D eigenvalue weighted by atomic mass is 79.9. The summed E-state index contributed by atoms with van der Waals surface area (Å²) in [5, 5.41) is 2.82. The second-order valence-corrected chi connectivity index (χ2v) is 11.7. The summed E-state index contributed by atoms with van der Waals surface area (Å²) in [6.07, 6.45) is 1.79. The Morgan fingerprint density at radius 1 is 1.03 bits per heavy atom. The molecule has 4 rings (SSSR count). The molecule has 5 nitrogen and oxygen atoms in total. The summed E-state index contributed by atoms with van der Waals surface area (Å²) in [6.45, 7) is 0. The normalized spacial score (nSPS) is 14.7. The van der Waals surface area contributed by atoms with E-state index in [0.717, 1.165) is 16.2 Å². The fraction of sp³-hybridized carbons (Fsp3) is 0.0870. The summed E-state index contributed by atoms with van der Waals surface area (Å²) in [5.74, 6) is 0.292. The number of benzene rings is 3. The van der Waals surface area contributed by atoms with Gasteiger partial charge in [-0.05, 0) is 59.7 Å². The van der Waals surface area contributed by atoms with E-state index < -0.39 is 9.84 Å². The van der Waals surface area contributed by atoms with Crippen molar-refractivity contribution in [1.29, 1.82) is 0 Å². The fourth-order valence-electron chi connectivity index (χ4n) is 3.13. The molecule has 0 aromatic heterocycles. The second kappa shape index (κ2) is 9.43. The van der Waals surface area contributed by atoms with E-state index >= 15 is 0 Å². The Balaban J connectivity index is 1.60. The molecule has 0 radical (unpaired) electrons. The molecule has 32 heavy (non-hydrogen) atoms. The minimum atomic E-state index is -3.63. The first-order valence-electron chi connectivity index (χ1n) is 9.41. The van der Waals surface area contributed by atoms with Gasteiger partial charge in [-0.2, -0.15) is 0 Å². The topological polar surface area (TPSA) is 72.5 Å². The monoisotopic (exact) mass is 593 g/mol. The molecule has 0 atom stereocenters. The minimum absolute atomic E-state index is 0.155. The standard InChI is InChI=1S/C23H17Br2NO4S2/c1-30-15-7-5-14(6-8-15)11-22-23(27)26-20-12-16(9-10-21(20)31-22)32(28,29)13-17-18(24)3-2-4-19(17)25/h2-12H,13H2,1H3,(H,26,27)/b22-11-. The largest absolute Gasteiger partial charge is 0.497 e. The van der Waals surface area contributed by atoms with E-state index in [4.69, 9.17) is 4.74 Å². The number of halogens is 2. The van der Waals surface area contributed by atoms with E-state index in [1.54, 1.807) is 37.5 Å². The Kier molecular flexibility index (Phi) is 6.80. The summed E-state index contributed by atoms with van der Waals surface area (Å²) in [4.78, 5) is 14.1. The molecule has 1 amide bonds. The van der Waals surface area contributed by atoms with E-state index in [0.29, 0.717) is 25.1 Å². The van der Waals surface area contributed by atoms with Crippen LogP contribution in [0.5, 0.6) is 5.75 Å². The van der Waals surface area contributed by atoms with Crippen molar-refractivity contribution in [2.24, 2.45) is 0 Å². The van der Waals surface area contributed by atoms with Crippen molar-refractivity contribution in [3.63, 3.8) is 0 Å². The highest BCUT2D eigenvalue weighted by Gasteiger charge is 2.25. The van der Waals surface area contributed by atoms with Gasteiger partial charge in [0.2, 0.25) is 0 Å². The van der Waals surface area contributed by atoms with Gasteiger partial charge in [-0.3, -0.25) is 4.79 Å². The van der Waals surface area contributed by atoms with Gasteiger partial charge in [0.25, 0.3) is 5.91 Å². The number of hydrogen-bond acceptors (Lipinski definition) is 5. The maximum Gasteiger partial charge on any atom is 0.262 e. The first kappa shape index (κ1) is 23.1. The number of thioether (sulfide) groups is 1. The Morgan fingerprint density at radius 2 is 1.72 bits per heavy atom. The zero-order chi connectivity index (χ0) is 22.9. The Morgan fingerprint density at radius 3 is 2.38 bits per heavy atom. The molecule has 0 saturated heterocycles. The quantitative estimate of drug-likeness (QED) is 0.352. The summed E-state index contributed by atoms with van der Waals surface area (Å²) < 4.78 is 32.7. The Bertz CT molecular complexity index is 1320. The molecule has 0 fully saturated rings. The Labute approximate surface area is 207 Å². The van der Waals surface area contributed by atoms with Crippen LogP contribution in [0.25, 0.3) is 6.08 Å². The molecule has 1 heterocycles.